The van der Waals surface area contributed by atoms with Crippen LogP contribution in [0.25, 0.3) is 0 Å². The van der Waals surface area contributed by atoms with Crippen LogP contribution in [-0.4, -0.2) is 43.0 Å². The summed E-state index contributed by atoms with van der Waals surface area (Å²) in [7, 11) is 0. The lowest BCUT2D eigenvalue weighted by atomic mass is 9.95. The molecule has 0 unspecified atom stereocenters. The minimum atomic E-state index is -0.293. The molecule has 2 aromatic rings. The van der Waals surface area contributed by atoms with E-state index in [-0.39, 0.29) is 23.5 Å². The Labute approximate surface area is 177 Å². The summed E-state index contributed by atoms with van der Waals surface area (Å²) in [6.07, 6.45) is 3.35. The normalized spacial score (nSPS) is 14.4. The van der Waals surface area contributed by atoms with Gasteiger partial charge in [-0.3, -0.25) is 9.59 Å². The summed E-state index contributed by atoms with van der Waals surface area (Å²) < 4.78 is 18.4. The lowest BCUT2D eigenvalue weighted by molar-refractivity contribution is -0.135. The lowest BCUT2D eigenvalue weighted by Gasteiger charge is -2.31. The van der Waals surface area contributed by atoms with Gasteiger partial charge in [0.1, 0.15) is 11.6 Å². The number of carbonyl (C=O) groups is 2. The van der Waals surface area contributed by atoms with Gasteiger partial charge in [0.2, 0.25) is 11.8 Å². The molecular weight excluding hydrogens is 383 g/mol. The Morgan fingerprint density at radius 1 is 1.03 bits per heavy atom. The summed E-state index contributed by atoms with van der Waals surface area (Å²) in [4.78, 5) is 26.7. The number of amides is 2. The molecule has 0 aliphatic carbocycles. The van der Waals surface area contributed by atoms with E-state index in [0.717, 1.165) is 6.42 Å². The van der Waals surface area contributed by atoms with Crippen molar-refractivity contribution < 1.29 is 18.7 Å². The largest absolute Gasteiger partial charge is 0.494 e. The average molecular weight is 413 g/mol. The van der Waals surface area contributed by atoms with Crippen molar-refractivity contribution in [3.05, 3.63) is 66.0 Å². The van der Waals surface area contributed by atoms with Crippen LogP contribution in [-0.2, 0) is 16.0 Å². The van der Waals surface area contributed by atoms with Crippen molar-refractivity contribution in [1.29, 1.82) is 0 Å². The van der Waals surface area contributed by atoms with E-state index in [1.807, 2.05) is 35.2 Å². The molecule has 2 aromatic carbocycles. The molecule has 1 N–H and O–H groups in total. The molecule has 0 saturated carbocycles. The molecule has 5 nitrogen and oxygen atoms in total. The average Bonchev–Trinajstić information content (AvgIpc) is 2.79. The first-order chi connectivity index (χ1) is 14.6. The van der Waals surface area contributed by atoms with Crippen LogP contribution >= 0.6 is 0 Å². The molecular formula is C24H29FN2O3. The fraction of sp³-hybridized carbons (Fsp3) is 0.417. The highest BCUT2D eigenvalue weighted by molar-refractivity contribution is 5.80. The molecule has 1 heterocycles. The molecule has 1 saturated heterocycles. The van der Waals surface area contributed by atoms with Crippen LogP contribution < -0.4 is 10.1 Å². The lowest BCUT2D eigenvalue weighted by Crippen LogP contribution is -2.43. The van der Waals surface area contributed by atoms with E-state index in [1.165, 1.54) is 17.7 Å². The maximum absolute atomic E-state index is 12.8. The van der Waals surface area contributed by atoms with Crippen molar-refractivity contribution in [2.24, 2.45) is 5.92 Å². The molecule has 0 bridgehead atoms. The number of nitrogens with zero attached hydrogens (tertiary/aromatic N) is 1. The monoisotopic (exact) mass is 412 g/mol. The molecule has 1 aliphatic heterocycles. The summed E-state index contributed by atoms with van der Waals surface area (Å²) in [6, 6.07) is 15.9. The molecule has 6 heteroatoms. The molecule has 0 radical (unpaired) electrons. The summed E-state index contributed by atoms with van der Waals surface area (Å²) in [6.45, 7) is 2.27. The number of hydrogen-bond acceptors (Lipinski definition) is 3. The second-order valence-electron chi connectivity index (χ2n) is 7.59. The second kappa shape index (κ2) is 11.3. The number of benzene rings is 2. The van der Waals surface area contributed by atoms with Gasteiger partial charge in [-0.25, -0.2) is 4.39 Å². The molecule has 1 fully saturated rings. The molecule has 3 rings (SSSR count). The Morgan fingerprint density at radius 3 is 2.43 bits per heavy atom. The number of hydrogen-bond donors (Lipinski definition) is 1. The van der Waals surface area contributed by atoms with Crippen LogP contribution in [0.1, 0.15) is 31.2 Å². The minimum Gasteiger partial charge on any atom is -0.494 e. The molecule has 2 amide bonds. The van der Waals surface area contributed by atoms with E-state index in [9.17, 15) is 14.0 Å². The van der Waals surface area contributed by atoms with E-state index in [1.54, 1.807) is 12.1 Å². The number of ether oxygens (including phenoxy) is 1. The fourth-order valence-corrected chi connectivity index (χ4v) is 3.59. The maximum Gasteiger partial charge on any atom is 0.223 e. The van der Waals surface area contributed by atoms with Gasteiger partial charge in [-0.05, 0) is 55.5 Å². The number of aryl methyl sites for hydroxylation is 1. The number of likely N-dealkylation sites (tertiary alicyclic amines) is 1. The van der Waals surface area contributed by atoms with Gasteiger partial charge < -0.3 is 15.0 Å². The van der Waals surface area contributed by atoms with Crippen LogP contribution in [0.5, 0.6) is 5.75 Å². The van der Waals surface area contributed by atoms with Gasteiger partial charge in [0, 0.05) is 32.0 Å². The molecule has 1 aliphatic rings. The number of rotatable bonds is 9. The predicted octanol–water partition coefficient (Wildman–Crippen LogP) is 3.58. The summed E-state index contributed by atoms with van der Waals surface area (Å²) in [5.74, 6) is 0.496. The summed E-state index contributed by atoms with van der Waals surface area (Å²) in [5.41, 5.74) is 1.17. The molecule has 0 spiro atoms. The Balaban J connectivity index is 1.28. The highest BCUT2D eigenvalue weighted by atomic mass is 19.1. The van der Waals surface area contributed by atoms with Crippen molar-refractivity contribution in [1.82, 2.24) is 10.2 Å². The SMILES string of the molecule is O=C(NCCCOc1ccc(F)cc1)C1CCN(C(=O)CCc2ccccc2)CC1. The van der Waals surface area contributed by atoms with Crippen molar-refractivity contribution in [3.63, 3.8) is 0 Å². The topological polar surface area (TPSA) is 58.6 Å². The minimum absolute atomic E-state index is 0.0406. The number of carbonyl (C=O) groups excluding carboxylic acids is 2. The highest BCUT2D eigenvalue weighted by Crippen LogP contribution is 2.18. The summed E-state index contributed by atoms with van der Waals surface area (Å²) >= 11 is 0. The summed E-state index contributed by atoms with van der Waals surface area (Å²) in [5, 5.41) is 2.96. The van der Waals surface area contributed by atoms with Crippen LogP contribution in [0, 0.1) is 11.7 Å². The van der Waals surface area contributed by atoms with Gasteiger partial charge in [0.05, 0.1) is 6.61 Å². The maximum atomic E-state index is 12.8. The zero-order valence-corrected chi connectivity index (χ0v) is 17.2. The first-order valence-electron chi connectivity index (χ1n) is 10.6. The van der Waals surface area contributed by atoms with E-state index in [4.69, 9.17) is 4.74 Å². The van der Waals surface area contributed by atoms with Gasteiger partial charge in [-0.2, -0.15) is 0 Å². The van der Waals surface area contributed by atoms with Crippen LogP contribution in [0.2, 0.25) is 0 Å². The zero-order valence-electron chi connectivity index (χ0n) is 17.2. The van der Waals surface area contributed by atoms with Gasteiger partial charge in [0.25, 0.3) is 0 Å². The quantitative estimate of drug-likeness (QED) is 0.641. The first kappa shape index (κ1) is 21.8. The third-order valence-corrected chi connectivity index (χ3v) is 5.39. The van der Waals surface area contributed by atoms with Crippen molar-refractivity contribution >= 4 is 11.8 Å². The molecule has 30 heavy (non-hydrogen) atoms. The Kier molecular flexibility index (Phi) is 8.24. The van der Waals surface area contributed by atoms with Gasteiger partial charge in [-0.15, -0.1) is 0 Å². The van der Waals surface area contributed by atoms with Gasteiger partial charge in [-0.1, -0.05) is 30.3 Å². The number of nitrogens with one attached hydrogen (secondary N) is 1. The molecule has 160 valence electrons. The fourth-order valence-electron chi connectivity index (χ4n) is 3.59. The Bertz CT molecular complexity index is 803. The Hall–Kier alpha value is -2.89. The molecule has 0 aromatic heterocycles. The van der Waals surface area contributed by atoms with E-state index < -0.39 is 0 Å². The van der Waals surface area contributed by atoms with E-state index in [0.29, 0.717) is 57.7 Å². The van der Waals surface area contributed by atoms with Crippen LogP contribution in [0.3, 0.4) is 0 Å². The standard InChI is InChI=1S/C24H29FN2O3/c25-21-8-10-22(11-9-21)30-18-4-15-26-24(29)20-13-16-27(17-14-20)23(28)12-7-19-5-2-1-3-6-19/h1-3,5-6,8-11,20H,4,7,12-18H2,(H,26,29). The van der Waals surface area contributed by atoms with Crippen LogP contribution in [0.4, 0.5) is 4.39 Å². The van der Waals surface area contributed by atoms with Crippen molar-refractivity contribution in [3.8, 4) is 5.75 Å². The van der Waals surface area contributed by atoms with Gasteiger partial charge in [0.15, 0.2) is 0 Å². The number of piperidine rings is 1. The Morgan fingerprint density at radius 2 is 1.73 bits per heavy atom. The third-order valence-electron chi connectivity index (χ3n) is 5.39. The van der Waals surface area contributed by atoms with E-state index in [2.05, 4.69) is 5.32 Å². The van der Waals surface area contributed by atoms with Gasteiger partial charge >= 0.3 is 0 Å². The zero-order chi connectivity index (χ0) is 21.2. The molecule has 0 atom stereocenters. The smallest absolute Gasteiger partial charge is 0.223 e. The first-order valence-corrected chi connectivity index (χ1v) is 10.6. The second-order valence-corrected chi connectivity index (χ2v) is 7.59. The van der Waals surface area contributed by atoms with Crippen molar-refractivity contribution in [2.45, 2.75) is 32.1 Å². The number of halogens is 1. The van der Waals surface area contributed by atoms with E-state index >= 15 is 0 Å². The van der Waals surface area contributed by atoms with Crippen molar-refractivity contribution in [2.75, 3.05) is 26.2 Å². The highest BCUT2D eigenvalue weighted by Gasteiger charge is 2.26. The van der Waals surface area contributed by atoms with Crippen LogP contribution in [0.15, 0.2) is 54.6 Å². The predicted molar refractivity (Wildman–Crippen MR) is 114 cm³/mol. The third kappa shape index (κ3) is 6.87.